The molecule has 0 aliphatic carbocycles. The molecule has 0 spiro atoms. The van der Waals surface area contributed by atoms with Crippen LogP contribution in [-0.2, 0) is 76.1 Å². The largest absolute Gasteiger partial charge is 0.463 e. The van der Waals surface area contributed by atoms with E-state index in [0.717, 1.165) is 41.5 Å². The Morgan fingerprint density at radius 3 is 1.02 bits per heavy atom. The second-order valence-corrected chi connectivity index (χ2v) is 9.19. The molecule has 0 aromatic heterocycles. The monoisotopic (exact) mass is 576 g/mol. The van der Waals surface area contributed by atoms with Gasteiger partial charge in [-0.1, -0.05) is 0 Å². The van der Waals surface area contributed by atoms with Gasteiger partial charge in [-0.15, -0.1) is 0 Å². The molecule has 3 fully saturated rings. The summed E-state index contributed by atoms with van der Waals surface area (Å²) in [6, 6.07) is 0. The molecule has 0 amide bonds. The summed E-state index contributed by atoms with van der Waals surface area (Å²) in [5.41, 5.74) is 0. The van der Waals surface area contributed by atoms with Crippen molar-refractivity contribution in [1.29, 1.82) is 0 Å². The number of carbonyl (C=O) groups excluding carboxylic acids is 6. The highest BCUT2D eigenvalue weighted by molar-refractivity contribution is 5.68. The minimum Gasteiger partial charge on any atom is -0.463 e. The van der Waals surface area contributed by atoms with Crippen LogP contribution in [0.15, 0.2) is 0 Å². The van der Waals surface area contributed by atoms with Crippen molar-refractivity contribution in [3.8, 4) is 0 Å². The van der Waals surface area contributed by atoms with Gasteiger partial charge in [-0.05, 0) is 0 Å². The average Bonchev–Trinajstić information content (AvgIpc) is 2.82. The smallest absolute Gasteiger partial charge is 0.303 e. The quantitative estimate of drug-likeness (QED) is 0.254. The van der Waals surface area contributed by atoms with Crippen molar-refractivity contribution in [2.75, 3.05) is 13.2 Å². The predicted molar refractivity (Wildman–Crippen MR) is 123 cm³/mol. The fraction of sp³-hybridized carbons (Fsp3) is 0.750. The normalized spacial score (nSPS) is 34.6. The summed E-state index contributed by atoms with van der Waals surface area (Å²) < 4.78 is 55.7. The first-order valence-electron chi connectivity index (χ1n) is 12.3. The molecular weight excluding hydrogens is 544 g/mol. The molecule has 3 saturated heterocycles. The van der Waals surface area contributed by atoms with Gasteiger partial charge in [0.1, 0.15) is 25.4 Å². The van der Waals surface area contributed by atoms with Gasteiger partial charge in [0.25, 0.3) is 0 Å². The molecule has 3 heterocycles. The molecule has 0 bridgehead atoms. The lowest BCUT2D eigenvalue weighted by atomic mass is 9.94. The third-order valence-corrected chi connectivity index (χ3v) is 5.87. The van der Waals surface area contributed by atoms with Crippen molar-refractivity contribution in [2.45, 2.75) is 103 Å². The molecule has 0 aromatic rings. The van der Waals surface area contributed by atoms with Gasteiger partial charge in [-0.2, -0.15) is 0 Å². The summed E-state index contributed by atoms with van der Waals surface area (Å²) in [6.45, 7) is 5.99. The minimum atomic E-state index is -1.36. The Hall–Kier alpha value is -3.34. The molecule has 0 unspecified atom stereocenters. The topological polar surface area (TPSA) is 195 Å². The Morgan fingerprint density at radius 2 is 0.750 bits per heavy atom. The number of hydrogen-bond acceptors (Lipinski definition) is 16. The third-order valence-electron chi connectivity index (χ3n) is 5.87. The molecule has 224 valence electrons. The number of ether oxygens (including phenoxy) is 10. The van der Waals surface area contributed by atoms with Crippen molar-refractivity contribution < 1.29 is 76.1 Å². The van der Waals surface area contributed by atoms with Crippen LogP contribution in [0.5, 0.6) is 0 Å². The highest BCUT2D eigenvalue weighted by atomic mass is 16.8. The maximum atomic E-state index is 12.0. The van der Waals surface area contributed by atoms with Gasteiger partial charge in [0.2, 0.25) is 0 Å². The SMILES string of the molecule is CC(=O)OC[C@H]1O[C@@H]2O[C@H]3[C@@H](O[C@@H]2[C@@H](OC(C)=O)[C@@H]1OC(C)=O)O[C@H](COC(C)=O)[C@@H](OC(C)=O)[C@@H]3OC(C)=O. The average molecular weight is 577 g/mol. The maximum absolute atomic E-state index is 12.0. The summed E-state index contributed by atoms with van der Waals surface area (Å²) in [4.78, 5) is 70.8. The van der Waals surface area contributed by atoms with E-state index in [1.807, 2.05) is 0 Å². The minimum absolute atomic E-state index is 0.407. The van der Waals surface area contributed by atoms with Crippen LogP contribution in [0, 0.1) is 0 Å². The summed E-state index contributed by atoms with van der Waals surface area (Å²) in [5, 5.41) is 0. The van der Waals surface area contributed by atoms with E-state index in [2.05, 4.69) is 0 Å². The van der Waals surface area contributed by atoms with Crippen molar-refractivity contribution in [3.05, 3.63) is 0 Å². The summed E-state index contributed by atoms with van der Waals surface area (Å²) in [7, 11) is 0. The Bertz CT molecular complexity index is 917. The predicted octanol–water partition coefficient (Wildman–Crippen LogP) is -0.927. The van der Waals surface area contributed by atoms with E-state index in [9.17, 15) is 28.8 Å². The first-order chi connectivity index (χ1) is 18.8. The zero-order chi connectivity index (χ0) is 29.7. The standard InChI is InChI=1S/C24H32O16/c1-9(25)31-7-15-17(33-11(3)27)19(35-13(5)29)21-23(37-15)39-22-20(36-14(6)30)18(34-12(4)28)16(8-32-10(2)26)38-24(22)40-21/h15-24H,7-8H2,1-6H3/t15-,16-,17-,18-,19+,20+,21-,22-,23-,24-/m1/s1. The van der Waals surface area contributed by atoms with E-state index < -0.39 is 110 Å². The zero-order valence-corrected chi connectivity index (χ0v) is 22.7. The molecule has 10 atom stereocenters. The van der Waals surface area contributed by atoms with Gasteiger partial charge >= 0.3 is 35.8 Å². The van der Waals surface area contributed by atoms with Crippen molar-refractivity contribution in [1.82, 2.24) is 0 Å². The number of rotatable bonds is 8. The first kappa shape index (κ1) is 31.2. The van der Waals surface area contributed by atoms with E-state index in [4.69, 9.17) is 47.4 Å². The summed E-state index contributed by atoms with van der Waals surface area (Å²) in [6.07, 6.45) is -12.8. The summed E-state index contributed by atoms with van der Waals surface area (Å²) >= 11 is 0. The third kappa shape index (κ3) is 7.87. The molecule has 0 aromatic carbocycles. The van der Waals surface area contributed by atoms with Crippen molar-refractivity contribution in [2.24, 2.45) is 0 Å². The molecule has 3 aliphatic rings. The van der Waals surface area contributed by atoms with Crippen LogP contribution in [0.1, 0.15) is 41.5 Å². The second-order valence-electron chi connectivity index (χ2n) is 9.19. The number of fused-ring (bicyclic) bond motifs is 2. The van der Waals surface area contributed by atoms with Crippen LogP contribution in [0.3, 0.4) is 0 Å². The number of carbonyl (C=O) groups is 6. The van der Waals surface area contributed by atoms with Gasteiger partial charge < -0.3 is 47.4 Å². The lowest BCUT2D eigenvalue weighted by Gasteiger charge is -2.53. The molecular formula is C24H32O16. The Balaban J connectivity index is 1.98. The van der Waals surface area contributed by atoms with Crippen molar-refractivity contribution >= 4 is 35.8 Å². The summed E-state index contributed by atoms with van der Waals surface area (Å²) in [5.74, 6) is -4.33. The van der Waals surface area contributed by atoms with Crippen LogP contribution in [0.25, 0.3) is 0 Å². The lowest BCUT2D eigenvalue weighted by Crippen LogP contribution is -2.72. The molecule has 40 heavy (non-hydrogen) atoms. The highest BCUT2D eigenvalue weighted by Gasteiger charge is 2.61. The fourth-order valence-electron chi connectivity index (χ4n) is 4.56. The molecule has 0 N–H and O–H groups in total. The van der Waals surface area contributed by atoms with Crippen LogP contribution in [-0.4, -0.2) is 110 Å². The molecule has 3 aliphatic heterocycles. The molecule has 16 heteroatoms. The lowest BCUT2D eigenvalue weighted by molar-refractivity contribution is -0.429. The Kier molecular flexibility index (Phi) is 10.4. The van der Waals surface area contributed by atoms with E-state index in [1.165, 1.54) is 0 Å². The Labute approximate surface area is 228 Å². The maximum Gasteiger partial charge on any atom is 0.303 e. The van der Waals surface area contributed by atoms with Crippen LogP contribution in [0.2, 0.25) is 0 Å². The number of hydrogen-bond donors (Lipinski definition) is 0. The molecule has 3 rings (SSSR count). The van der Waals surface area contributed by atoms with Crippen LogP contribution >= 0.6 is 0 Å². The Morgan fingerprint density at radius 1 is 0.450 bits per heavy atom. The van der Waals surface area contributed by atoms with E-state index in [0.29, 0.717) is 0 Å². The second kappa shape index (κ2) is 13.3. The van der Waals surface area contributed by atoms with Crippen molar-refractivity contribution in [3.63, 3.8) is 0 Å². The van der Waals surface area contributed by atoms with Crippen LogP contribution < -0.4 is 0 Å². The van der Waals surface area contributed by atoms with E-state index in [1.54, 1.807) is 0 Å². The zero-order valence-electron chi connectivity index (χ0n) is 22.7. The van der Waals surface area contributed by atoms with Crippen LogP contribution in [0.4, 0.5) is 0 Å². The molecule has 0 saturated carbocycles. The van der Waals surface area contributed by atoms with E-state index >= 15 is 0 Å². The fourth-order valence-corrected chi connectivity index (χ4v) is 4.56. The van der Waals surface area contributed by atoms with Gasteiger partial charge in [-0.25, -0.2) is 0 Å². The number of esters is 6. The molecule has 0 radical (unpaired) electrons. The first-order valence-corrected chi connectivity index (χ1v) is 12.3. The van der Waals surface area contributed by atoms with Gasteiger partial charge in [0, 0.05) is 41.5 Å². The van der Waals surface area contributed by atoms with E-state index in [-0.39, 0.29) is 0 Å². The highest BCUT2D eigenvalue weighted by Crippen LogP contribution is 2.40. The van der Waals surface area contributed by atoms with Gasteiger partial charge in [0.15, 0.2) is 49.2 Å². The molecule has 16 nitrogen and oxygen atoms in total. The van der Waals surface area contributed by atoms with Gasteiger partial charge in [-0.3, -0.25) is 28.8 Å². The van der Waals surface area contributed by atoms with Gasteiger partial charge in [0.05, 0.1) is 0 Å².